The molecule has 1 unspecified atom stereocenters. The van der Waals surface area contributed by atoms with Crippen LogP contribution in [-0.2, 0) is 11.3 Å². The predicted octanol–water partition coefficient (Wildman–Crippen LogP) is 5.58. The molecule has 1 aromatic carbocycles. The van der Waals surface area contributed by atoms with Gasteiger partial charge in [0.15, 0.2) is 11.3 Å². The number of fused-ring (bicyclic) bond motifs is 3. The molecular weight excluding hydrogens is 543 g/mol. The van der Waals surface area contributed by atoms with Gasteiger partial charge in [0.2, 0.25) is 0 Å². The molecular formula is C28H26F3N5O5. The largest absolute Gasteiger partial charge is 0.573 e. The zero-order valence-corrected chi connectivity index (χ0v) is 21.8. The normalized spacial score (nSPS) is 22.4. The molecule has 3 aromatic heterocycles. The number of hydrogen-bond donors (Lipinski definition) is 1. The molecule has 1 saturated carbocycles. The molecule has 1 N–H and O–H groups in total. The fraction of sp³-hybridized carbons (Fsp3) is 0.429. The number of aromatic carboxylic acids is 1. The molecule has 0 radical (unpaired) electrons. The number of piperidine rings is 1. The maximum absolute atomic E-state index is 13.1. The molecule has 3 aliphatic rings. The van der Waals surface area contributed by atoms with E-state index >= 15 is 0 Å². The lowest BCUT2D eigenvalue weighted by atomic mass is 9.99. The first-order chi connectivity index (χ1) is 19.7. The maximum atomic E-state index is 13.1. The van der Waals surface area contributed by atoms with Gasteiger partial charge in [-0.1, -0.05) is 17.3 Å². The Bertz CT molecular complexity index is 1600. The van der Waals surface area contributed by atoms with Crippen molar-refractivity contribution in [1.82, 2.24) is 19.8 Å². The molecule has 13 heteroatoms. The van der Waals surface area contributed by atoms with Crippen molar-refractivity contribution in [3.8, 4) is 17.0 Å². The Morgan fingerprint density at radius 3 is 2.54 bits per heavy atom. The number of alkyl halides is 3. The number of para-hydroxylation sites is 1. The van der Waals surface area contributed by atoms with Gasteiger partial charge in [-0.2, -0.15) is 0 Å². The smallest absolute Gasteiger partial charge is 0.476 e. The van der Waals surface area contributed by atoms with Gasteiger partial charge in [0, 0.05) is 29.1 Å². The second-order valence-electron chi connectivity index (χ2n) is 10.8. The van der Waals surface area contributed by atoms with Crippen molar-refractivity contribution in [2.24, 2.45) is 0 Å². The summed E-state index contributed by atoms with van der Waals surface area (Å²) in [7, 11) is 0. The van der Waals surface area contributed by atoms with Crippen molar-refractivity contribution in [2.45, 2.75) is 75.6 Å². The van der Waals surface area contributed by atoms with Crippen LogP contribution in [-0.4, -0.2) is 55.4 Å². The third kappa shape index (κ3) is 4.88. The summed E-state index contributed by atoms with van der Waals surface area (Å²) in [5.74, 6) is 0.112. The summed E-state index contributed by atoms with van der Waals surface area (Å²) >= 11 is 0. The Labute approximate surface area is 231 Å². The lowest BCUT2D eigenvalue weighted by molar-refractivity contribution is -0.274. The van der Waals surface area contributed by atoms with Gasteiger partial charge < -0.3 is 24.0 Å². The summed E-state index contributed by atoms with van der Waals surface area (Å²) < 4.78 is 57.0. The summed E-state index contributed by atoms with van der Waals surface area (Å²) in [5.41, 5.74) is 1.64. The summed E-state index contributed by atoms with van der Waals surface area (Å²) in [6, 6.07) is 9.87. The van der Waals surface area contributed by atoms with Crippen molar-refractivity contribution in [1.29, 1.82) is 0 Å². The molecule has 41 heavy (non-hydrogen) atoms. The molecule has 1 aliphatic carbocycles. The molecule has 3 fully saturated rings. The quantitative estimate of drug-likeness (QED) is 0.291. The van der Waals surface area contributed by atoms with Crippen LogP contribution in [0, 0.1) is 0 Å². The van der Waals surface area contributed by atoms with Gasteiger partial charge in [0.25, 0.3) is 0 Å². The summed E-state index contributed by atoms with van der Waals surface area (Å²) in [5, 5.41) is 18.2. The highest BCUT2D eigenvalue weighted by Crippen LogP contribution is 2.46. The summed E-state index contributed by atoms with van der Waals surface area (Å²) in [6.45, 7) is 0.163. The molecule has 0 spiro atoms. The minimum Gasteiger partial charge on any atom is -0.476 e. The minimum atomic E-state index is -4.84. The molecule has 2 aliphatic heterocycles. The van der Waals surface area contributed by atoms with Crippen LogP contribution in [0.5, 0.6) is 5.75 Å². The highest BCUT2D eigenvalue weighted by Gasteiger charge is 2.43. The number of carbonyl (C=O) groups is 1. The number of nitrogens with zero attached hydrogens (tertiary/aromatic N) is 5. The van der Waals surface area contributed by atoms with Crippen molar-refractivity contribution in [2.75, 3.05) is 4.90 Å². The Kier molecular flexibility index (Phi) is 6.14. The summed E-state index contributed by atoms with van der Waals surface area (Å²) in [4.78, 5) is 17.9. The zero-order chi connectivity index (χ0) is 28.3. The first kappa shape index (κ1) is 25.8. The lowest BCUT2D eigenvalue weighted by Gasteiger charge is -2.39. The molecule has 2 bridgehead atoms. The lowest BCUT2D eigenvalue weighted by Crippen LogP contribution is -2.46. The van der Waals surface area contributed by atoms with E-state index in [4.69, 9.17) is 9.26 Å². The Hall–Kier alpha value is -4.13. The van der Waals surface area contributed by atoms with Gasteiger partial charge in [-0.3, -0.25) is 0 Å². The first-order valence-electron chi connectivity index (χ1n) is 13.6. The fourth-order valence-corrected chi connectivity index (χ4v) is 6.20. The molecule has 10 nitrogen and oxygen atoms in total. The van der Waals surface area contributed by atoms with Gasteiger partial charge in [-0.05, 0) is 62.8 Å². The zero-order valence-electron chi connectivity index (χ0n) is 21.8. The Morgan fingerprint density at radius 2 is 1.83 bits per heavy atom. The van der Waals surface area contributed by atoms with Gasteiger partial charge in [-0.15, -0.1) is 18.3 Å². The van der Waals surface area contributed by atoms with Crippen LogP contribution in [0.1, 0.15) is 66.3 Å². The molecule has 4 aromatic rings. The number of halogens is 3. The number of carboxylic acid groups (broad SMARTS) is 1. The molecule has 5 heterocycles. The van der Waals surface area contributed by atoms with E-state index in [0.29, 0.717) is 28.5 Å². The molecule has 214 valence electrons. The molecule has 7 rings (SSSR count). The number of hydrogen-bond acceptors (Lipinski definition) is 8. The van der Waals surface area contributed by atoms with E-state index < -0.39 is 12.3 Å². The van der Waals surface area contributed by atoms with Crippen LogP contribution in [0.4, 0.5) is 19.0 Å². The average Bonchev–Trinajstić information content (AvgIpc) is 3.44. The number of rotatable bonds is 8. The van der Waals surface area contributed by atoms with E-state index in [1.807, 2.05) is 6.07 Å². The van der Waals surface area contributed by atoms with E-state index in [1.54, 1.807) is 12.1 Å². The van der Waals surface area contributed by atoms with Crippen molar-refractivity contribution < 1.29 is 37.1 Å². The number of imidazole rings is 1. The van der Waals surface area contributed by atoms with E-state index in [0.717, 1.165) is 38.5 Å². The first-order valence-corrected chi connectivity index (χ1v) is 13.6. The molecule has 0 amide bonds. The molecule has 3 atom stereocenters. The van der Waals surface area contributed by atoms with E-state index in [1.165, 1.54) is 28.9 Å². The van der Waals surface area contributed by atoms with E-state index in [-0.39, 0.29) is 47.7 Å². The van der Waals surface area contributed by atoms with Crippen LogP contribution in [0.3, 0.4) is 0 Å². The third-order valence-corrected chi connectivity index (χ3v) is 8.12. The van der Waals surface area contributed by atoms with Crippen LogP contribution in [0.25, 0.3) is 16.9 Å². The predicted molar refractivity (Wildman–Crippen MR) is 138 cm³/mol. The van der Waals surface area contributed by atoms with Crippen molar-refractivity contribution >= 4 is 17.4 Å². The average molecular weight is 570 g/mol. The second-order valence-corrected chi connectivity index (χ2v) is 10.8. The summed E-state index contributed by atoms with van der Waals surface area (Å²) in [6.07, 6.45) is 1.62. The van der Waals surface area contributed by atoms with Crippen LogP contribution in [0.15, 0.2) is 47.1 Å². The monoisotopic (exact) mass is 569 g/mol. The van der Waals surface area contributed by atoms with Crippen molar-refractivity contribution in [3.05, 3.63) is 59.6 Å². The fourth-order valence-electron chi connectivity index (χ4n) is 6.20. The topological polar surface area (TPSA) is 115 Å². The standard InChI is InChI=1S/C28H26F3N5O5/c29-28(30,31)40-22-4-2-1-3-19(22)25-20(26(41-34-25)15-5-6-15)14-39-18-11-16-7-8-17(12-18)35(16)24-10-9-23-32-13-21(27(37)38)36(23)33-24/h1-4,9-10,13,15-18H,5-8,11-12,14H2,(H,37,38)/t16-,17+,18?. The van der Waals surface area contributed by atoms with Gasteiger partial charge in [0.1, 0.15) is 23.0 Å². The SMILES string of the molecule is O=C(O)c1cnc2ccc(N3[C@@H]4CC[C@H]3CC(OCc3c(-c5ccccc5OC(F)(F)F)noc3C3CC3)C4)nn12. The van der Waals surface area contributed by atoms with E-state index in [2.05, 4.69) is 24.9 Å². The number of aromatic nitrogens is 4. The Morgan fingerprint density at radius 1 is 1.07 bits per heavy atom. The van der Waals surface area contributed by atoms with Crippen LogP contribution < -0.4 is 9.64 Å². The number of carboxylic acids is 1. The maximum Gasteiger partial charge on any atom is 0.573 e. The third-order valence-electron chi connectivity index (χ3n) is 8.12. The minimum absolute atomic E-state index is 0.00520. The number of benzene rings is 1. The highest BCUT2D eigenvalue weighted by atomic mass is 19.4. The van der Waals surface area contributed by atoms with Crippen LogP contribution in [0.2, 0.25) is 0 Å². The van der Waals surface area contributed by atoms with Gasteiger partial charge >= 0.3 is 12.3 Å². The van der Waals surface area contributed by atoms with E-state index in [9.17, 15) is 23.1 Å². The van der Waals surface area contributed by atoms with Crippen LogP contribution >= 0.6 is 0 Å². The van der Waals surface area contributed by atoms with Crippen molar-refractivity contribution in [3.63, 3.8) is 0 Å². The number of anilines is 1. The van der Waals surface area contributed by atoms with Gasteiger partial charge in [-0.25, -0.2) is 14.3 Å². The Balaban J connectivity index is 1.10. The van der Waals surface area contributed by atoms with Gasteiger partial charge in [0.05, 0.1) is 18.9 Å². The molecule has 2 saturated heterocycles. The number of ether oxygens (including phenoxy) is 2. The second kappa shape index (κ2) is 9.75. The highest BCUT2D eigenvalue weighted by molar-refractivity contribution is 5.86.